The molecule has 44 heavy (non-hydrogen) atoms. The van der Waals surface area contributed by atoms with Gasteiger partial charge in [0.15, 0.2) is 34.7 Å². The second-order valence-corrected chi connectivity index (χ2v) is 12.1. The van der Waals surface area contributed by atoms with Crippen molar-refractivity contribution in [3.8, 4) is 5.75 Å². The molecule has 2 saturated carbocycles. The highest BCUT2D eigenvalue weighted by Crippen LogP contribution is 2.55. The third kappa shape index (κ3) is 4.66. The van der Waals surface area contributed by atoms with E-state index in [1.807, 2.05) is 0 Å². The van der Waals surface area contributed by atoms with Crippen LogP contribution in [0.15, 0.2) is 12.1 Å². The van der Waals surface area contributed by atoms with Crippen molar-refractivity contribution < 1.29 is 53.6 Å². The lowest BCUT2D eigenvalue weighted by molar-refractivity contribution is -0.196. The molecule has 9 atom stereocenters. The summed E-state index contributed by atoms with van der Waals surface area (Å²) in [5, 5.41) is 39.3. The number of ether oxygens (including phenoxy) is 1. The Morgan fingerprint density at radius 3 is 2.23 bits per heavy atom. The molecule has 1 aromatic carbocycles. The number of aliphatic hydroxyl groups is 2. The average molecular weight is 617 g/mol. The van der Waals surface area contributed by atoms with Crippen LogP contribution in [0.5, 0.6) is 5.75 Å². The molecule has 1 aromatic rings. The molecule has 238 valence electrons. The van der Waals surface area contributed by atoms with E-state index in [9.17, 15) is 48.9 Å². The first-order valence-corrected chi connectivity index (χ1v) is 14.0. The van der Waals surface area contributed by atoms with E-state index in [1.165, 1.54) is 31.1 Å². The summed E-state index contributed by atoms with van der Waals surface area (Å²) >= 11 is 0. The first-order chi connectivity index (χ1) is 20.4. The summed E-state index contributed by atoms with van der Waals surface area (Å²) in [7, 11) is 3.96. The lowest BCUT2D eigenvalue weighted by atomic mass is 9.49. The number of benzene rings is 1. The van der Waals surface area contributed by atoms with Crippen LogP contribution in [-0.4, -0.2) is 106 Å². The van der Waals surface area contributed by atoms with Gasteiger partial charge in [0.2, 0.25) is 5.91 Å². The molecule has 15 heteroatoms. The minimum Gasteiger partial charge on any atom is -0.505 e. The standard InChI is InChI=1S/C29H36N4O11/c1-9(2)18(27(41)44-6)32-28(42)31-12-8-7-11-10(3)13-15(21(35)14(11)20(12)34)24(38)29(43)17(22(13)36)19(33(4)5)23(37)16(25(29)39)26(30)40/h7-10,13,15-19,22,34,36,43H,1-6H3,(H2,30,40)(H2,31,32,42). The number of anilines is 1. The number of rotatable bonds is 6. The highest BCUT2D eigenvalue weighted by molar-refractivity contribution is 6.32. The number of esters is 1. The van der Waals surface area contributed by atoms with Gasteiger partial charge in [-0.3, -0.25) is 28.9 Å². The molecule has 0 aliphatic heterocycles. The van der Waals surface area contributed by atoms with Gasteiger partial charge in [-0.05, 0) is 37.6 Å². The molecule has 0 heterocycles. The number of nitrogens with zero attached hydrogens (tertiary/aromatic N) is 1. The monoisotopic (exact) mass is 616 g/mol. The fourth-order valence-corrected chi connectivity index (χ4v) is 7.01. The number of phenolic OH excluding ortho intramolecular Hbond substituents is 1. The Kier molecular flexibility index (Phi) is 8.45. The molecule has 0 saturated heterocycles. The number of aliphatic hydroxyl groups excluding tert-OH is 1. The zero-order chi connectivity index (χ0) is 33.2. The van der Waals surface area contributed by atoms with Crippen LogP contribution in [0.3, 0.4) is 0 Å². The van der Waals surface area contributed by atoms with E-state index < -0.39 is 100 Å². The van der Waals surface area contributed by atoms with Crippen LogP contribution < -0.4 is 16.4 Å². The number of fused-ring (bicyclic) bond motifs is 3. The summed E-state index contributed by atoms with van der Waals surface area (Å²) in [6, 6.07) is -0.721. The van der Waals surface area contributed by atoms with Crippen molar-refractivity contribution in [2.75, 3.05) is 26.5 Å². The molecule has 2 fully saturated rings. The maximum absolute atomic E-state index is 14.0. The number of nitrogens with two attached hydrogens (primary N) is 1. The number of urea groups is 1. The predicted molar refractivity (Wildman–Crippen MR) is 150 cm³/mol. The quantitative estimate of drug-likeness (QED) is 0.124. The summed E-state index contributed by atoms with van der Waals surface area (Å²) in [5.74, 6) is -15.9. The fraction of sp³-hybridized carbons (Fsp3) is 0.552. The van der Waals surface area contributed by atoms with Gasteiger partial charge in [-0.25, -0.2) is 9.59 Å². The third-order valence-corrected chi connectivity index (χ3v) is 9.15. The van der Waals surface area contributed by atoms with E-state index in [0.29, 0.717) is 0 Å². The number of likely N-dealkylation sites (N-methyl/N-ethyl adjacent to an activating group) is 1. The molecule has 4 rings (SSSR count). The molecule has 7 N–H and O–H groups in total. The van der Waals surface area contributed by atoms with Gasteiger partial charge >= 0.3 is 12.0 Å². The molecule has 0 radical (unpaired) electrons. The number of ketones is 4. The van der Waals surface area contributed by atoms with Gasteiger partial charge in [0.25, 0.3) is 0 Å². The number of carbonyl (C=O) groups excluding carboxylic acids is 7. The molecule has 0 aromatic heterocycles. The Morgan fingerprint density at radius 1 is 1.09 bits per heavy atom. The molecule has 3 aliphatic carbocycles. The second-order valence-electron chi connectivity index (χ2n) is 12.1. The Labute approximate surface area is 252 Å². The van der Waals surface area contributed by atoms with Crippen molar-refractivity contribution in [3.63, 3.8) is 0 Å². The van der Waals surface area contributed by atoms with Crippen molar-refractivity contribution in [2.24, 2.45) is 35.3 Å². The first kappa shape index (κ1) is 32.7. The van der Waals surface area contributed by atoms with E-state index in [4.69, 9.17) is 10.5 Å². The van der Waals surface area contributed by atoms with Gasteiger partial charge in [-0.2, -0.15) is 0 Å². The number of primary amides is 1. The second kappa shape index (κ2) is 11.4. The average Bonchev–Trinajstić information content (AvgIpc) is 2.93. The highest BCUT2D eigenvalue weighted by atomic mass is 16.5. The van der Waals surface area contributed by atoms with E-state index in [2.05, 4.69) is 10.6 Å². The van der Waals surface area contributed by atoms with Gasteiger partial charge in [0.1, 0.15) is 11.8 Å². The zero-order valence-electron chi connectivity index (χ0n) is 25.0. The molecule has 15 nitrogen and oxygen atoms in total. The van der Waals surface area contributed by atoms with Crippen molar-refractivity contribution in [1.29, 1.82) is 0 Å². The summed E-state index contributed by atoms with van der Waals surface area (Å²) in [5.41, 5.74) is 1.75. The SMILES string of the molecule is COC(=O)C(NC(=O)Nc1ccc2c(c1O)C(=O)C1C(=O)C3(O)C(=O)C(C(N)=O)C(=O)C(N(C)C)C3C(O)C1C2C)C(C)C. The number of amides is 3. The summed E-state index contributed by atoms with van der Waals surface area (Å²) in [4.78, 5) is 92.9. The lowest BCUT2D eigenvalue weighted by Gasteiger charge is -2.56. The number of hydrogen-bond acceptors (Lipinski definition) is 12. The third-order valence-electron chi connectivity index (χ3n) is 9.15. The van der Waals surface area contributed by atoms with Gasteiger partial charge in [0.05, 0.1) is 42.3 Å². The fourth-order valence-electron chi connectivity index (χ4n) is 7.01. The molecule has 0 spiro atoms. The maximum Gasteiger partial charge on any atom is 0.328 e. The van der Waals surface area contributed by atoms with Gasteiger partial charge in [-0.15, -0.1) is 0 Å². The Hall–Kier alpha value is -4.21. The van der Waals surface area contributed by atoms with Crippen LogP contribution in [0.2, 0.25) is 0 Å². The first-order valence-electron chi connectivity index (χ1n) is 14.0. The van der Waals surface area contributed by atoms with Crippen LogP contribution in [0.4, 0.5) is 10.5 Å². The van der Waals surface area contributed by atoms with E-state index >= 15 is 0 Å². The number of Topliss-reactive ketones (excluding diaryl/α,β-unsaturated/α-hetero) is 4. The van der Waals surface area contributed by atoms with Crippen LogP contribution in [0.25, 0.3) is 0 Å². The molecular formula is C29H36N4O11. The van der Waals surface area contributed by atoms with Crippen LogP contribution >= 0.6 is 0 Å². The van der Waals surface area contributed by atoms with Gasteiger partial charge in [0, 0.05) is 5.92 Å². The maximum atomic E-state index is 14.0. The predicted octanol–water partition coefficient (Wildman–Crippen LogP) is -1.28. The largest absolute Gasteiger partial charge is 0.505 e. The highest BCUT2D eigenvalue weighted by Gasteiger charge is 2.72. The van der Waals surface area contributed by atoms with Crippen LogP contribution in [-0.2, 0) is 28.7 Å². The molecule has 0 bridgehead atoms. The molecule has 3 amide bonds. The number of phenols is 1. The summed E-state index contributed by atoms with van der Waals surface area (Å²) in [6.45, 7) is 4.90. The van der Waals surface area contributed by atoms with Crippen molar-refractivity contribution in [3.05, 3.63) is 23.3 Å². The van der Waals surface area contributed by atoms with Crippen molar-refractivity contribution in [1.82, 2.24) is 10.2 Å². The number of nitrogens with one attached hydrogen (secondary N) is 2. The number of carbonyl (C=O) groups is 7. The minimum atomic E-state index is -3.12. The van der Waals surface area contributed by atoms with Gasteiger partial charge in [-0.1, -0.05) is 26.8 Å². The van der Waals surface area contributed by atoms with E-state index in [-0.39, 0.29) is 22.7 Å². The molecule has 3 aliphatic rings. The van der Waals surface area contributed by atoms with Crippen molar-refractivity contribution in [2.45, 2.75) is 50.5 Å². The smallest absolute Gasteiger partial charge is 0.328 e. The Balaban J connectivity index is 1.78. The topological polar surface area (TPSA) is 243 Å². The normalized spacial score (nSPS) is 32.0. The zero-order valence-corrected chi connectivity index (χ0v) is 25.0. The molecule has 9 unspecified atom stereocenters. The Bertz CT molecular complexity index is 1470. The summed E-state index contributed by atoms with van der Waals surface area (Å²) in [6.07, 6.45) is -1.76. The van der Waals surface area contributed by atoms with Crippen LogP contribution in [0.1, 0.15) is 42.6 Å². The minimum absolute atomic E-state index is 0.205. The number of hydrogen-bond donors (Lipinski definition) is 6. The Morgan fingerprint density at radius 2 is 1.70 bits per heavy atom. The van der Waals surface area contributed by atoms with Gasteiger partial charge < -0.3 is 36.4 Å². The molecular weight excluding hydrogens is 580 g/mol. The number of methoxy groups -OCH3 is 1. The lowest BCUT2D eigenvalue weighted by Crippen LogP contribution is -2.77. The summed E-state index contributed by atoms with van der Waals surface area (Å²) < 4.78 is 4.70. The number of aromatic hydroxyl groups is 1. The van der Waals surface area contributed by atoms with E-state index in [1.54, 1.807) is 20.8 Å². The van der Waals surface area contributed by atoms with E-state index in [0.717, 1.165) is 7.11 Å². The van der Waals surface area contributed by atoms with Crippen molar-refractivity contribution >= 4 is 46.7 Å². The van der Waals surface area contributed by atoms with Crippen LogP contribution in [0, 0.1) is 29.6 Å².